The summed E-state index contributed by atoms with van der Waals surface area (Å²) in [6, 6.07) is 14.2. The van der Waals surface area contributed by atoms with Gasteiger partial charge in [0, 0.05) is 24.2 Å². The van der Waals surface area contributed by atoms with Gasteiger partial charge in [-0.25, -0.2) is 0 Å². The molecule has 1 N–H and O–H groups in total. The molecule has 0 atom stereocenters. The number of carbonyl (C=O) groups is 2. The van der Waals surface area contributed by atoms with Gasteiger partial charge in [0.25, 0.3) is 11.8 Å². The molecule has 0 bridgehead atoms. The second-order valence-corrected chi connectivity index (χ2v) is 8.04. The predicted molar refractivity (Wildman–Crippen MR) is 120 cm³/mol. The van der Waals surface area contributed by atoms with E-state index in [0.717, 1.165) is 17.5 Å². The Kier molecular flexibility index (Phi) is 7.71. The third-order valence-electron chi connectivity index (χ3n) is 4.65. The summed E-state index contributed by atoms with van der Waals surface area (Å²) in [6.07, 6.45) is 0.745. The van der Waals surface area contributed by atoms with Gasteiger partial charge in [0.05, 0.1) is 17.1 Å². The zero-order chi connectivity index (χ0) is 22.4. The average Bonchev–Trinajstić information content (AvgIpc) is 3.21. The van der Waals surface area contributed by atoms with Crippen LogP contribution in [0.5, 0.6) is 0 Å². The molecule has 8 heteroatoms. The number of nitrogens with zero attached hydrogens (tertiary/aromatic N) is 2. The van der Waals surface area contributed by atoms with Crippen LogP contribution < -0.4 is 5.32 Å². The molecular weight excluding hydrogens is 437 g/mol. The molecule has 0 spiro atoms. The Morgan fingerprint density at radius 3 is 2.52 bits per heavy atom. The highest BCUT2D eigenvalue weighted by Gasteiger charge is 2.21. The lowest BCUT2D eigenvalue weighted by Gasteiger charge is -2.21. The first kappa shape index (κ1) is 22.8. The lowest BCUT2D eigenvalue weighted by molar-refractivity contribution is 0.0727. The summed E-state index contributed by atoms with van der Waals surface area (Å²) in [5.74, 6) is -0.178. The zero-order valence-electron chi connectivity index (χ0n) is 17.3. The van der Waals surface area contributed by atoms with E-state index in [-0.39, 0.29) is 29.1 Å². The third kappa shape index (κ3) is 6.09. The van der Waals surface area contributed by atoms with Crippen LogP contribution in [0.15, 0.2) is 53.1 Å². The maximum Gasteiger partial charge on any atom is 0.273 e. The van der Waals surface area contributed by atoms with Crippen molar-refractivity contribution in [2.45, 2.75) is 33.4 Å². The minimum atomic E-state index is -0.343. The van der Waals surface area contributed by atoms with Gasteiger partial charge in [-0.05, 0) is 37.1 Å². The Balaban J connectivity index is 1.66. The highest BCUT2D eigenvalue weighted by atomic mass is 35.5. The molecular formula is C23H23Cl2N3O3. The van der Waals surface area contributed by atoms with Crippen molar-refractivity contribution < 1.29 is 14.1 Å². The predicted octanol–water partition coefficient (Wildman–Crippen LogP) is 5.27. The van der Waals surface area contributed by atoms with E-state index in [4.69, 9.17) is 27.7 Å². The fraction of sp³-hybridized carbons (Fsp3) is 0.261. The van der Waals surface area contributed by atoms with Crippen LogP contribution >= 0.6 is 23.2 Å². The van der Waals surface area contributed by atoms with Crippen LogP contribution in [-0.2, 0) is 13.1 Å². The van der Waals surface area contributed by atoms with Crippen molar-refractivity contribution in [2.75, 3.05) is 6.54 Å². The van der Waals surface area contributed by atoms with Gasteiger partial charge < -0.3 is 14.7 Å². The van der Waals surface area contributed by atoms with Crippen LogP contribution in [0, 0.1) is 6.92 Å². The third-order valence-corrected chi connectivity index (χ3v) is 5.20. The molecule has 1 aromatic heterocycles. The van der Waals surface area contributed by atoms with E-state index >= 15 is 0 Å². The molecule has 0 aliphatic carbocycles. The quantitative estimate of drug-likeness (QED) is 0.497. The minimum Gasteiger partial charge on any atom is -0.359 e. The van der Waals surface area contributed by atoms with Crippen LogP contribution in [0.2, 0.25) is 10.0 Å². The Morgan fingerprint density at radius 1 is 1.10 bits per heavy atom. The number of carbonyl (C=O) groups excluding carboxylic acids is 2. The number of rotatable bonds is 8. The number of hydrogen-bond donors (Lipinski definition) is 1. The van der Waals surface area contributed by atoms with E-state index in [0.29, 0.717) is 29.4 Å². The first-order valence-electron chi connectivity index (χ1n) is 9.91. The van der Waals surface area contributed by atoms with Gasteiger partial charge in [0.1, 0.15) is 0 Å². The molecule has 162 valence electrons. The summed E-state index contributed by atoms with van der Waals surface area (Å²) >= 11 is 12.1. The van der Waals surface area contributed by atoms with Crippen molar-refractivity contribution in [3.05, 3.63) is 86.7 Å². The fourth-order valence-corrected chi connectivity index (χ4v) is 3.51. The van der Waals surface area contributed by atoms with Gasteiger partial charge in [-0.2, -0.15) is 0 Å². The normalized spacial score (nSPS) is 10.7. The molecule has 0 unspecified atom stereocenters. The monoisotopic (exact) mass is 459 g/mol. The number of aromatic nitrogens is 1. The van der Waals surface area contributed by atoms with Gasteiger partial charge in [-0.1, -0.05) is 65.1 Å². The van der Waals surface area contributed by atoms with Crippen molar-refractivity contribution in [2.24, 2.45) is 0 Å². The summed E-state index contributed by atoms with van der Waals surface area (Å²) in [5.41, 5.74) is 2.66. The fourth-order valence-electron chi connectivity index (χ4n) is 3.02. The van der Waals surface area contributed by atoms with E-state index in [9.17, 15) is 9.59 Å². The summed E-state index contributed by atoms with van der Waals surface area (Å²) < 4.78 is 5.31. The minimum absolute atomic E-state index is 0.163. The molecule has 3 aromatic rings. The zero-order valence-corrected chi connectivity index (χ0v) is 18.8. The van der Waals surface area contributed by atoms with Crippen LogP contribution in [0.4, 0.5) is 0 Å². The second-order valence-electron chi connectivity index (χ2n) is 7.20. The van der Waals surface area contributed by atoms with Gasteiger partial charge in [0.15, 0.2) is 11.5 Å². The van der Waals surface area contributed by atoms with Gasteiger partial charge in [-0.15, -0.1) is 0 Å². The number of aryl methyl sites for hydroxylation is 1. The molecule has 0 saturated heterocycles. The Hall–Kier alpha value is -2.83. The summed E-state index contributed by atoms with van der Waals surface area (Å²) in [5, 5.41) is 7.41. The van der Waals surface area contributed by atoms with Crippen LogP contribution in [0.3, 0.4) is 0 Å². The lowest BCUT2D eigenvalue weighted by Crippen LogP contribution is -2.31. The Bertz CT molecular complexity index is 1060. The van der Waals surface area contributed by atoms with Crippen LogP contribution in [0.1, 0.15) is 51.1 Å². The maximum absolute atomic E-state index is 13.0. The van der Waals surface area contributed by atoms with Crippen LogP contribution in [-0.4, -0.2) is 28.4 Å². The molecule has 0 aliphatic rings. The van der Waals surface area contributed by atoms with E-state index in [1.807, 2.05) is 38.1 Å². The standard InChI is InChI=1S/C23H23Cl2N3O3/c1-3-10-28(23(30)19-9-8-17(24)11-20(19)25)14-18-12-21(27-31-18)22(29)26-13-16-6-4-15(2)5-7-16/h4-9,11-12H,3,10,13-14H2,1-2H3,(H,26,29). The number of nitrogens with one attached hydrogen (secondary N) is 1. The number of amides is 2. The Labute approximate surface area is 191 Å². The van der Waals surface area contributed by atoms with E-state index < -0.39 is 0 Å². The molecule has 6 nitrogen and oxygen atoms in total. The Morgan fingerprint density at radius 2 is 1.84 bits per heavy atom. The first-order valence-corrected chi connectivity index (χ1v) is 10.7. The molecule has 0 saturated carbocycles. The molecule has 31 heavy (non-hydrogen) atoms. The highest BCUT2D eigenvalue weighted by Crippen LogP contribution is 2.23. The first-order chi connectivity index (χ1) is 14.9. The summed E-state index contributed by atoms with van der Waals surface area (Å²) in [6.45, 7) is 5.02. The van der Waals surface area contributed by atoms with E-state index in [1.165, 1.54) is 6.07 Å². The molecule has 3 rings (SSSR count). The van der Waals surface area contributed by atoms with Gasteiger partial charge in [0.2, 0.25) is 0 Å². The molecule has 2 amide bonds. The molecule has 2 aromatic carbocycles. The molecule has 1 heterocycles. The SMILES string of the molecule is CCCN(Cc1cc(C(=O)NCc2ccc(C)cc2)no1)C(=O)c1ccc(Cl)cc1Cl. The maximum atomic E-state index is 13.0. The molecule has 0 fully saturated rings. The van der Waals surface area contributed by atoms with Crippen molar-refractivity contribution in [3.8, 4) is 0 Å². The average molecular weight is 460 g/mol. The van der Waals surface area contributed by atoms with Crippen molar-refractivity contribution in [3.63, 3.8) is 0 Å². The second kappa shape index (κ2) is 10.5. The highest BCUT2D eigenvalue weighted by molar-refractivity contribution is 6.36. The van der Waals surface area contributed by atoms with Gasteiger partial charge >= 0.3 is 0 Å². The van der Waals surface area contributed by atoms with Crippen molar-refractivity contribution >= 4 is 35.0 Å². The van der Waals surface area contributed by atoms with Crippen LogP contribution in [0.25, 0.3) is 0 Å². The van der Waals surface area contributed by atoms with Crippen molar-refractivity contribution in [1.29, 1.82) is 0 Å². The molecule has 0 aliphatic heterocycles. The topological polar surface area (TPSA) is 75.4 Å². The van der Waals surface area contributed by atoms with E-state index in [2.05, 4.69) is 10.5 Å². The summed E-state index contributed by atoms with van der Waals surface area (Å²) in [7, 11) is 0. The number of halogens is 2. The number of benzene rings is 2. The van der Waals surface area contributed by atoms with Crippen molar-refractivity contribution in [1.82, 2.24) is 15.4 Å². The lowest BCUT2D eigenvalue weighted by atomic mass is 10.1. The summed E-state index contributed by atoms with van der Waals surface area (Å²) in [4.78, 5) is 27.0. The smallest absolute Gasteiger partial charge is 0.273 e. The number of hydrogen-bond acceptors (Lipinski definition) is 4. The molecule has 0 radical (unpaired) electrons. The van der Waals surface area contributed by atoms with Gasteiger partial charge in [-0.3, -0.25) is 9.59 Å². The van der Waals surface area contributed by atoms with E-state index in [1.54, 1.807) is 23.1 Å². The largest absolute Gasteiger partial charge is 0.359 e.